The van der Waals surface area contributed by atoms with E-state index < -0.39 is 0 Å². The van der Waals surface area contributed by atoms with E-state index in [0.717, 1.165) is 18.5 Å². The molecule has 2 aromatic rings. The van der Waals surface area contributed by atoms with Gasteiger partial charge in [0.05, 0.1) is 18.8 Å². The van der Waals surface area contributed by atoms with Crippen LogP contribution >= 0.6 is 11.6 Å². The maximum absolute atomic E-state index is 10.9. The third kappa shape index (κ3) is 4.28. The lowest BCUT2D eigenvalue weighted by atomic mass is 10.2. The van der Waals surface area contributed by atoms with Gasteiger partial charge in [0.25, 0.3) is 0 Å². The zero-order valence-corrected chi connectivity index (χ0v) is 11.7. The Morgan fingerprint density at radius 1 is 1.00 bits per heavy atom. The van der Waals surface area contributed by atoms with Gasteiger partial charge < -0.3 is 9.47 Å². The molecule has 0 spiro atoms. The van der Waals surface area contributed by atoms with Gasteiger partial charge >= 0.3 is 0 Å². The number of ether oxygens (including phenoxy) is 2. The molecule has 0 aliphatic rings. The van der Waals surface area contributed by atoms with Crippen LogP contribution in [0.15, 0.2) is 48.5 Å². The zero-order chi connectivity index (χ0) is 14.2. The highest BCUT2D eigenvalue weighted by Gasteiger charge is 2.03. The molecule has 3 nitrogen and oxygen atoms in total. The number of benzene rings is 2. The molecule has 20 heavy (non-hydrogen) atoms. The molecule has 2 rings (SSSR count). The summed E-state index contributed by atoms with van der Waals surface area (Å²) in [5, 5.41) is 0.520. The highest BCUT2D eigenvalue weighted by molar-refractivity contribution is 6.30. The van der Waals surface area contributed by atoms with Crippen molar-refractivity contribution >= 4 is 17.9 Å². The summed E-state index contributed by atoms with van der Waals surface area (Å²) >= 11 is 5.81. The van der Waals surface area contributed by atoms with Crippen molar-refractivity contribution < 1.29 is 14.3 Å². The van der Waals surface area contributed by atoms with Gasteiger partial charge in [0.1, 0.15) is 11.5 Å². The van der Waals surface area contributed by atoms with E-state index in [0.29, 0.717) is 29.5 Å². The predicted molar refractivity (Wildman–Crippen MR) is 78.9 cm³/mol. The van der Waals surface area contributed by atoms with Gasteiger partial charge in [-0.05, 0) is 30.3 Å². The van der Waals surface area contributed by atoms with Crippen molar-refractivity contribution in [3.63, 3.8) is 0 Å². The van der Waals surface area contributed by atoms with Gasteiger partial charge in [-0.15, -0.1) is 0 Å². The van der Waals surface area contributed by atoms with Gasteiger partial charge in [0.2, 0.25) is 0 Å². The standard InChI is InChI=1S/C16H15ClO3/c17-14-7-8-16(13(11-14)12-18)20-10-4-9-19-15-5-2-1-3-6-15/h1-3,5-8,11-12H,4,9-10H2. The van der Waals surface area contributed by atoms with Crippen LogP contribution in [0, 0.1) is 0 Å². The fraction of sp³-hybridized carbons (Fsp3) is 0.188. The van der Waals surface area contributed by atoms with Gasteiger partial charge in [0, 0.05) is 11.4 Å². The van der Waals surface area contributed by atoms with E-state index in [1.165, 1.54) is 0 Å². The SMILES string of the molecule is O=Cc1cc(Cl)ccc1OCCCOc1ccccc1. The van der Waals surface area contributed by atoms with Crippen molar-refractivity contribution in [1.82, 2.24) is 0 Å². The van der Waals surface area contributed by atoms with Crippen LogP contribution in [-0.2, 0) is 0 Å². The molecule has 0 radical (unpaired) electrons. The summed E-state index contributed by atoms with van der Waals surface area (Å²) in [5.74, 6) is 1.39. The molecular weight excluding hydrogens is 276 g/mol. The van der Waals surface area contributed by atoms with E-state index >= 15 is 0 Å². The van der Waals surface area contributed by atoms with Crippen LogP contribution in [0.25, 0.3) is 0 Å². The van der Waals surface area contributed by atoms with Crippen LogP contribution < -0.4 is 9.47 Å². The van der Waals surface area contributed by atoms with E-state index in [1.807, 2.05) is 30.3 Å². The predicted octanol–water partition coefficient (Wildman–Crippen LogP) is 4.00. The first-order chi connectivity index (χ1) is 9.79. The maximum atomic E-state index is 10.9. The lowest BCUT2D eigenvalue weighted by Crippen LogP contribution is -2.06. The minimum absolute atomic E-state index is 0.460. The molecule has 0 saturated heterocycles. The van der Waals surface area contributed by atoms with E-state index in [-0.39, 0.29) is 0 Å². The molecule has 0 amide bonds. The summed E-state index contributed by atoms with van der Waals surface area (Å²) in [5.41, 5.74) is 0.460. The first kappa shape index (κ1) is 14.4. The van der Waals surface area contributed by atoms with Crippen LogP contribution in [0.3, 0.4) is 0 Å². The number of carbonyl (C=O) groups is 1. The molecule has 0 atom stereocenters. The monoisotopic (exact) mass is 290 g/mol. The summed E-state index contributed by atoms with van der Waals surface area (Å²) < 4.78 is 11.1. The van der Waals surface area contributed by atoms with E-state index in [9.17, 15) is 4.79 Å². The number of aldehydes is 1. The smallest absolute Gasteiger partial charge is 0.153 e. The lowest BCUT2D eigenvalue weighted by molar-refractivity contribution is 0.111. The Balaban J connectivity index is 1.75. The quantitative estimate of drug-likeness (QED) is 0.571. The van der Waals surface area contributed by atoms with Crippen molar-refractivity contribution in [3.8, 4) is 11.5 Å². The minimum atomic E-state index is 0.460. The molecular formula is C16H15ClO3. The maximum Gasteiger partial charge on any atom is 0.153 e. The first-order valence-electron chi connectivity index (χ1n) is 6.35. The van der Waals surface area contributed by atoms with E-state index in [4.69, 9.17) is 21.1 Å². The number of rotatable bonds is 7. The Kier molecular flexibility index (Phi) is 5.44. The van der Waals surface area contributed by atoms with Gasteiger partial charge in [-0.1, -0.05) is 29.8 Å². The number of halogens is 1. The van der Waals surface area contributed by atoms with E-state index in [2.05, 4.69) is 0 Å². The van der Waals surface area contributed by atoms with Crippen LogP contribution in [0.4, 0.5) is 0 Å². The largest absolute Gasteiger partial charge is 0.493 e. The van der Waals surface area contributed by atoms with Crippen molar-refractivity contribution in [3.05, 3.63) is 59.1 Å². The van der Waals surface area contributed by atoms with Crippen molar-refractivity contribution in [2.45, 2.75) is 6.42 Å². The van der Waals surface area contributed by atoms with Crippen LogP contribution in [0.1, 0.15) is 16.8 Å². The number of para-hydroxylation sites is 1. The molecule has 0 saturated carbocycles. The molecule has 4 heteroatoms. The Labute approximate surface area is 123 Å². The van der Waals surface area contributed by atoms with Crippen molar-refractivity contribution in [2.75, 3.05) is 13.2 Å². The number of hydrogen-bond donors (Lipinski definition) is 0. The Morgan fingerprint density at radius 3 is 2.50 bits per heavy atom. The average Bonchev–Trinajstić information content (AvgIpc) is 2.49. The van der Waals surface area contributed by atoms with Gasteiger partial charge in [-0.2, -0.15) is 0 Å². The summed E-state index contributed by atoms with van der Waals surface area (Å²) in [6.07, 6.45) is 1.47. The van der Waals surface area contributed by atoms with Crippen LogP contribution in [-0.4, -0.2) is 19.5 Å². The summed E-state index contributed by atoms with van der Waals surface area (Å²) in [4.78, 5) is 10.9. The topological polar surface area (TPSA) is 35.5 Å². The molecule has 0 aliphatic heterocycles. The molecule has 0 aromatic heterocycles. The van der Waals surface area contributed by atoms with E-state index in [1.54, 1.807) is 18.2 Å². The summed E-state index contributed by atoms with van der Waals surface area (Å²) in [6, 6.07) is 14.6. The molecule has 0 heterocycles. The lowest BCUT2D eigenvalue weighted by Gasteiger charge is -2.09. The molecule has 104 valence electrons. The van der Waals surface area contributed by atoms with Crippen molar-refractivity contribution in [1.29, 1.82) is 0 Å². The fourth-order valence-corrected chi connectivity index (χ4v) is 1.87. The summed E-state index contributed by atoms with van der Waals surface area (Å²) in [6.45, 7) is 1.04. The van der Waals surface area contributed by atoms with Crippen LogP contribution in [0.2, 0.25) is 5.02 Å². The third-order valence-electron chi connectivity index (χ3n) is 2.66. The van der Waals surface area contributed by atoms with Crippen LogP contribution in [0.5, 0.6) is 11.5 Å². The highest BCUT2D eigenvalue weighted by Crippen LogP contribution is 2.21. The molecule has 0 N–H and O–H groups in total. The third-order valence-corrected chi connectivity index (χ3v) is 2.89. The minimum Gasteiger partial charge on any atom is -0.493 e. The van der Waals surface area contributed by atoms with Gasteiger partial charge in [0.15, 0.2) is 6.29 Å². The average molecular weight is 291 g/mol. The zero-order valence-electron chi connectivity index (χ0n) is 10.9. The van der Waals surface area contributed by atoms with Crippen molar-refractivity contribution in [2.24, 2.45) is 0 Å². The fourth-order valence-electron chi connectivity index (χ4n) is 1.69. The second-order valence-electron chi connectivity index (χ2n) is 4.16. The molecule has 0 bridgehead atoms. The second-order valence-corrected chi connectivity index (χ2v) is 4.60. The molecule has 2 aromatic carbocycles. The molecule has 0 aliphatic carbocycles. The second kappa shape index (κ2) is 7.56. The van der Waals surface area contributed by atoms with Gasteiger partial charge in [-0.25, -0.2) is 0 Å². The highest BCUT2D eigenvalue weighted by atomic mass is 35.5. The first-order valence-corrected chi connectivity index (χ1v) is 6.73. The molecule has 0 fully saturated rings. The Hall–Kier alpha value is -2.00. The summed E-state index contributed by atoms with van der Waals surface area (Å²) in [7, 11) is 0. The number of carbonyl (C=O) groups excluding carboxylic acids is 1. The normalized spacial score (nSPS) is 10.1. The Bertz CT molecular complexity index is 555. The Morgan fingerprint density at radius 2 is 1.75 bits per heavy atom. The number of hydrogen-bond acceptors (Lipinski definition) is 3. The van der Waals surface area contributed by atoms with Gasteiger partial charge in [-0.3, -0.25) is 4.79 Å². The molecule has 0 unspecified atom stereocenters.